The summed E-state index contributed by atoms with van der Waals surface area (Å²) in [6.45, 7) is 4.72. The number of esters is 1. The van der Waals surface area contributed by atoms with Gasteiger partial charge in [0.1, 0.15) is 0 Å². The fourth-order valence-corrected chi connectivity index (χ4v) is 1.36. The number of ether oxygens (including phenoxy) is 1. The molecule has 20 heavy (non-hydrogen) atoms. The first-order valence-electron chi connectivity index (χ1n) is 5.37. The van der Waals surface area contributed by atoms with Gasteiger partial charge < -0.3 is 9.84 Å². The third kappa shape index (κ3) is 6.55. The molecule has 0 aromatic carbocycles. The van der Waals surface area contributed by atoms with Crippen molar-refractivity contribution >= 4 is 21.9 Å². The molecule has 0 aromatic rings. The smallest absolute Gasteiger partial charge is 0.518 e. The summed E-state index contributed by atoms with van der Waals surface area (Å²) in [5, 5.41) is 10.9. The molecule has 10 heteroatoms. The summed E-state index contributed by atoms with van der Waals surface area (Å²) in [7, 11) is -5.79. The van der Waals surface area contributed by atoms with Crippen LogP contribution in [0.4, 0.5) is 13.2 Å². The van der Waals surface area contributed by atoms with E-state index in [-0.39, 0.29) is 25.0 Å². The number of rotatable bonds is 7. The molecule has 0 N–H and O–H groups in total. The van der Waals surface area contributed by atoms with Crippen LogP contribution in [0.2, 0.25) is 0 Å². The fourth-order valence-electron chi connectivity index (χ4n) is 0.898. The van der Waals surface area contributed by atoms with Crippen LogP contribution >= 0.6 is 0 Å². The molecule has 0 unspecified atom stereocenters. The van der Waals surface area contributed by atoms with Gasteiger partial charge in [-0.25, -0.2) is 4.79 Å². The Morgan fingerprint density at radius 3 is 2.35 bits per heavy atom. The van der Waals surface area contributed by atoms with Crippen molar-refractivity contribution in [3.05, 3.63) is 12.2 Å². The number of halogens is 3. The van der Waals surface area contributed by atoms with E-state index in [9.17, 15) is 31.5 Å². The minimum atomic E-state index is -5.79. The maximum atomic E-state index is 11.9. The molecule has 0 amide bonds. The Morgan fingerprint density at radius 1 is 1.35 bits per heavy atom. The van der Waals surface area contributed by atoms with E-state index in [4.69, 9.17) is 0 Å². The Morgan fingerprint density at radius 2 is 1.90 bits per heavy atom. The molecule has 0 radical (unpaired) electrons. The average molecular weight is 316 g/mol. The number of alkyl halides is 3. The van der Waals surface area contributed by atoms with E-state index in [1.165, 1.54) is 6.92 Å². The highest BCUT2D eigenvalue weighted by Gasteiger charge is 2.45. The van der Waals surface area contributed by atoms with Crippen molar-refractivity contribution in [3.8, 4) is 0 Å². The zero-order chi connectivity index (χ0) is 16.0. The van der Waals surface area contributed by atoms with E-state index >= 15 is 0 Å². The van der Waals surface area contributed by atoms with Crippen LogP contribution in [0.3, 0.4) is 0 Å². The molecule has 0 fully saturated rings. The van der Waals surface area contributed by atoms with E-state index in [0.717, 1.165) is 0 Å². The third-order valence-corrected chi connectivity index (χ3v) is 2.91. The maximum Gasteiger partial charge on any atom is 0.518 e. The molecular weight excluding hydrogens is 303 g/mol. The first-order valence-corrected chi connectivity index (χ1v) is 6.81. The second-order valence-corrected chi connectivity index (χ2v) is 5.37. The van der Waals surface area contributed by atoms with Gasteiger partial charge in [-0.05, 0) is 32.1 Å². The van der Waals surface area contributed by atoms with E-state index in [1.54, 1.807) is 0 Å². The van der Waals surface area contributed by atoms with E-state index in [1.807, 2.05) is 0 Å². The van der Waals surface area contributed by atoms with Crippen molar-refractivity contribution in [2.75, 3.05) is 6.61 Å². The fraction of sp³-hybridized carbons (Fsp3) is 0.600. The second-order valence-electron chi connectivity index (χ2n) is 3.78. The zero-order valence-corrected chi connectivity index (χ0v) is 11.4. The van der Waals surface area contributed by atoms with Crippen LogP contribution in [0.1, 0.15) is 26.2 Å². The van der Waals surface area contributed by atoms with Gasteiger partial charge in [-0.3, -0.25) is 0 Å². The average Bonchev–Trinajstić information content (AvgIpc) is 2.25. The number of unbranched alkanes of at least 4 members (excludes halogenated alkanes) is 1. The zero-order valence-electron chi connectivity index (χ0n) is 10.6. The molecule has 116 valence electrons. The monoisotopic (exact) mass is 316 g/mol. The molecular formula is C10H13F3NO5S-. The van der Waals surface area contributed by atoms with Crippen LogP contribution in [0.15, 0.2) is 16.5 Å². The maximum absolute atomic E-state index is 11.9. The highest BCUT2D eigenvalue weighted by molar-refractivity contribution is 7.91. The summed E-state index contributed by atoms with van der Waals surface area (Å²) >= 11 is 0. The molecule has 0 heterocycles. The Bertz CT molecular complexity index is 496. The van der Waals surface area contributed by atoms with Crippen molar-refractivity contribution < 1.29 is 36.2 Å². The molecule has 0 spiro atoms. The van der Waals surface area contributed by atoms with Crippen molar-refractivity contribution in [1.29, 1.82) is 0 Å². The first-order chi connectivity index (χ1) is 8.97. The van der Waals surface area contributed by atoms with Crippen LogP contribution in [-0.2, 0) is 19.6 Å². The third-order valence-electron chi connectivity index (χ3n) is 1.88. The quantitative estimate of drug-likeness (QED) is 0.228. The minimum absolute atomic E-state index is 0.0409. The van der Waals surface area contributed by atoms with Crippen molar-refractivity contribution in [2.45, 2.75) is 31.7 Å². The molecule has 0 rings (SSSR count). The SMILES string of the molecule is C=C(C)C(=O)OCCCC/C([O-])=N/S(=O)(=O)C(F)(F)F. The molecule has 0 saturated heterocycles. The molecule has 0 aliphatic carbocycles. The summed E-state index contributed by atoms with van der Waals surface area (Å²) in [5.74, 6) is -2.02. The van der Waals surface area contributed by atoms with E-state index in [2.05, 4.69) is 15.7 Å². The summed E-state index contributed by atoms with van der Waals surface area (Å²) < 4.78 is 63.5. The number of carbonyl (C=O) groups excluding carboxylic acids is 1. The van der Waals surface area contributed by atoms with E-state index < -0.39 is 33.8 Å². The van der Waals surface area contributed by atoms with Crippen molar-refractivity contribution in [1.82, 2.24) is 0 Å². The van der Waals surface area contributed by atoms with Crippen LogP contribution in [0.25, 0.3) is 0 Å². The van der Waals surface area contributed by atoms with Gasteiger partial charge in [0.05, 0.1) is 6.61 Å². The molecule has 0 aromatic heterocycles. The molecule has 0 aliphatic rings. The van der Waals surface area contributed by atoms with Gasteiger partial charge in [0.15, 0.2) is 0 Å². The number of hydrogen-bond acceptors (Lipinski definition) is 5. The standard InChI is InChI=1S/C10H14F3NO5S/c1-7(2)9(16)19-6-4-3-5-8(15)14-20(17,18)10(11,12)13/h1,3-6H2,2H3,(H,14,15)/p-1. The van der Waals surface area contributed by atoms with Gasteiger partial charge in [-0.15, -0.1) is 0 Å². The normalized spacial score (nSPS) is 13.1. The highest BCUT2D eigenvalue weighted by atomic mass is 32.2. The minimum Gasteiger partial charge on any atom is -0.861 e. The Hall–Kier alpha value is -1.58. The molecule has 0 bridgehead atoms. The molecule has 0 aliphatic heterocycles. The number of sulfonamides is 1. The lowest BCUT2D eigenvalue weighted by atomic mass is 10.2. The van der Waals surface area contributed by atoms with Gasteiger partial charge >= 0.3 is 21.5 Å². The van der Waals surface area contributed by atoms with Crippen molar-refractivity contribution in [2.24, 2.45) is 4.40 Å². The van der Waals surface area contributed by atoms with E-state index in [0.29, 0.717) is 0 Å². The summed E-state index contributed by atoms with van der Waals surface area (Å²) in [6.07, 6.45) is -0.258. The topological polar surface area (TPSA) is 95.9 Å². The number of hydrogen-bond donors (Lipinski definition) is 0. The summed E-state index contributed by atoms with van der Waals surface area (Å²) in [5.41, 5.74) is -5.40. The van der Waals surface area contributed by atoms with Gasteiger partial charge in [-0.1, -0.05) is 6.58 Å². The Labute approximate surface area is 114 Å². The lowest BCUT2D eigenvalue weighted by Crippen LogP contribution is -2.26. The van der Waals surface area contributed by atoms with Gasteiger partial charge in [-0.2, -0.15) is 26.0 Å². The van der Waals surface area contributed by atoms with Crippen LogP contribution in [0, 0.1) is 0 Å². The summed E-state index contributed by atoms with van der Waals surface area (Å²) in [4.78, 5) is 10.9. The number of carbonyl (C=O) groups is 1. The van der Waals surface area contributed by atoms with Gasteiger partial charge in [0.25, 0.3) is 0 Å². The van der Waals surface area contributed by atoms with Gasteiger partial charge in [0, 0.05) is 5.57 Å². The van der Waals surface area contributed by atoms with Crippen molar-refractivity contribution in [3.63, 3.8) is 0 Å². The van der Waals surface area contributed by atoms with Gasteiger partial charge in [0.2, 0.25) is 0 Å². The Balaban J connectivity index is 4.16. The predicted molar refractivity (Wildman–Crippen MR) is 62.0 cm³/mol. The predicted octanol–water partition coefficient (Wildman–Crippen LogP) is 0.884. The second kappa shape index (κ2) is 7.27. The largest absolute Gasteiger partial charge is 0.861 e. The lowest BCUT2D eigenvalue weighted by molar-refractivity contribution is -0.218. The first kappa shape index (κ1) is 18.4. The van der Waals surface area contributed by atoms with Crippen LogP contribution in [-0.4, -0.2) is 32.4 Å². The van der Waals surface area contributed by atoms with Crippen LogP contribution in [0.5, 0.6) is 0 Å². The molecule has 0 saturated carbocycles. The lowest BCUT2D eigenvalue weighted by Gasteiger charge is -2.11. The molecule has 0 atom stereocenters. The summed E-state index contributed by atoms with van der Waals surface area (Å²) in [6, 6.07) is 0. The number of nitrogens with zero attached hydrogens (tertiary/aromatic N) is 1. The highest BCUT2D eigenvalue weighted by Crippen LogP contribution is 2.24. The molecule has 6 nitrogen and oxygen atoms in total. The Kier molecular flexibility index (Phi) is 6.69. The van der Waals surface area contributed by atoms with Crippen LogP contribution < -0.4 is 5.11 Å².